The number of nitrogens with zero attached hydrogens (tertiary/aromatic N) is 1. The van der Waals surface area contributed by atoms with Crippen LogP contribution in [-0.4, -0.2) is 29.9 Å². The first kappa shape index (κ1) is 10.9. The third-order valence-electron chi connectivity index (χ3n) is 1.66. The lowest BCUT2D eigenvalue weighted by atomic mass is 10.3. The van der Waals surface area contributed by atoms with Gasteiger partial charge in [0.25, 0.3) is 0 Å². The summed E-state index contributed by atoms with van der Waals surface area (Å²) in [5, 5.41) is 10.0. The summed E-state index contributed by atoms with van der Waals surface area (Å²) >= 11 is 0. The second-order valence-electron chi connectivity index (χ2n) is 2.44. The van der Waals surface area contributed by atoms with Crippen molar-refractivity contribution in [2.75, 3.05) is 13.1 Å². The highest BCUT2D eigenvalue weighted by molar-refractivity contribution is 5.80. The van der Waals surface area contributed by atoms with Gasteiger partial charge in [-0.2, -0.15) is 0 Å². The molecular weight excluding hydrogens is 158 g/mol. The summed E-state index contributed by atoms with van der Waals surface area (Å²) in [5.74, 6) is -1.29. The van der Waals surface area contributed by atoms with Crippen molar-refractivity contribution in [3.8, 4) is 0 Å². The van der Waals surface area contributed by atoms with E-state index in [1.807, 2.05) is 13.8 Å². The van der Waals surface area contributed by atoms with Crippen molar-refractivity contribution in [3.63, 3.8) is 0 Å². The van der Waals surface area contributed by atoms with Gasteiger partial charge >= 0.3 is 0 Å². The molecule has 0 rings (SSSR count). The van der Waals surface area contributed by atoms with Crippen LogP contribution >= 0.6 is 0 Å². The van der Waals surface area contributed by atoms with Gasteiger partial charge in [-0.25, -0.2) is 0 Å². The van der Waals surface area contributed by atoms with E-state index in [1.54, 1.807) is 4.90 Å². The number of amides is 1. The van der Waals surface area contributed by atoms with Gasteiger partial charge in [0, 0.05) is 25.5 Å². The molecule has 1 amide bonds. The number of carbonyl (C=O) groups excluding carboxylic acids is 2. The van der Waals surface area contributed by atoms with Crippen molar-refractivity contribution in [2.24, 2.45) is 0 Å². The number of carbonyl (C=O) groups is 2. The summed E-state index contributed by atoms with van der Waals surface area (Å²) in [4.78, 5) is 22.8. The van der Waals surface area contributed by atoms with Crippen LogP contribution in [0.25, 0.3) is 0 Å². The maximum atomic E-state index is 11.1. The molecule has 0 radical (unpaired) electrons. The van der Waals surface area contributed by atoms with Crippen LogP contribution in [0.5, 0.6) is 0 Å². The van der Waals surface area contributed by atoms with Gasteiger partial charge in [0.15, 0.2) is 0 Å². The van der Waals surface area contributed by atoms with E-state index in [1.165, 1.54) is 0 Å². The molecule has 0 aromatic carbocycles. The fourth-order valence-electron chi connectivity index (χ4n) is 0.943. The summed E-state index contributed by atoms with van der Waals surface area (Å²) in [7, 11) is 0. The molecule has 0 aromatic rings. The van der Waals surface area contributed by atoms with Crippen molar-refractivity contribution < 1.29 is 14.7 Å². The summed E-state index contributed by atoms with van der Waals surface area (Å²) in [5.41, 5.74) is 0. The molecule has 0 unspecified atom stereocenters. The molecule has 70 valence electrons. The molecule has 0 fully saturated rings. The average Bonchev–Trinajstić information content (AvgIpc) is 2.03. The number of aliphatic carboxylic acids is 1. The predicted molar refractivity (Wildman–Crippen MR) is 42.2 cm³/mol. The summed E-state index contributed by atoms with van der Waals surface area (Å²) in [6.45, 7) is 4.98. The second kappa shape index (κ2) is 5.57. The molecule has 0 aromatic heterocycles. The Morgan fingerprint density at radius 1 is 1.17 bits per heavy atom. The Morgan fingerprint density at radius 3 is 2.00 bits per heavy atom. The van der Waals surface area contributed by atoms with Crippen LogP contribution in [-0.2, 0) is 9.59 Å². The van der Waals surface area contributed by atoms with Crippen LogP contribution in [0.3, 0.4) is 0 Å². The van der Waals surface area contributed by atoms with Crippen LogP contribution in [0, 0.1) is 0 Å². The maximum absolute atomic E-state index is 11.1. The Bertz CT molecular complexity index is 164. The molecular formula is C8H14NO3-. The quantitative estimate of drug-likeness (QED) is 0.555. The maximum Gasteiger partial charge on any atom is 0.222 e. The predicted octanol–water partition coefficient (Wildman–Crippen LogP) is -0.615. The summed E-state index contributed by atoms with van der Waals surface area (Å²) in [6.07, 6.45) is -0.140. The number of carboxylic acid groups (broad SMARTS) is 1. The van der Waals surface area contributed by atoms with E-state index in [4.69, 9.17) is 0 Å². The van der Waals surface area contributed by atoms with Crippen molar-refractivity contribution in [1.29, 1.82) is 0 Å². The van der Waals surface area contributed by atoms with E-state index in [0.29, 0.717) is 13.1 Å². The van der Waals surface area contributed by atoms with Crippen LogP contribution in [0.1, 0.15) is 26.7 Å². The Morgan fingerprint density at radius 2 is 1.67 bits per heavy atom. The van der Waals surface area contributed by atoms with Crippen LogP contribution in [0.2, 0.25) is 0 Å². The number of hydrogen-bond donors (Lipinski definition) is 0. The Labute approximate surface area is 72.2 Å². The van der Waals surface area contributed by atoms with Gasteiger partial charge in [0.2, 0.25) is 5.91 Å². The van der Waals surface area contributed by atoms with E-state index in [9.17, 15) is 14.7 Å². The van der Waals surface area contributed by atoms with Gasteiger partial charge in [-0.1, -0.05) is 0 Å². The molecule has 0 aliphatic rings. The third-order valence-corrected chi connectivity index (χ3v) is 1.66. The minimum Gasteiger partial charge on any atom is -0.550 e. The number of rotatable bonds is 5. The van der Waals surface area contributed by atoms with E-state index >= 15 is 0 Å². The standard InChI is InChI=1S/C8H15NO3/c1-3-9(4-2)7(10)5-6-8(11)12/h3-6H2,1-2H3,(H,11,12)/p-1. The Hall–Kier alpha value is -1.06. The normalized spacial score (nSPS) is 9.50. The van der Waals surface area contributed by atoms with E-state index in [2.05, 4.69) is 0 Å². The first-order valence-corrected chi connectivity index (χ1v) is 4.09. The lowest BCUT2D eigenvalue weighted by molar-refractivity contribution is -0.305. The zero-order valence-electron chi connectivity index (χ0n) is 7.50. The molecule has 0 atom stereocenters. The minimum absolute atomic E-state index is 0.0456. The van der Waals surface area contributed by atoms with Crippen LogP contribution < -0.4 is 5.11 Å². The summed E-state index contributed by atoms with van der Waals surface area (Å²) < 4.78 is 0. The van der Waals surface area contributed by atoms with Crippen molar-refractivity contribution in [2.45, 2.75) is 26.7 Å². The van der Waals surface area contributed by atoms with Gasteiger partial charge in [0.1, 0.15) is 0 Å². The Balaban J connectivity index is 3.77. The topological polar surface area (TPSA) is 60.4 Å². The first-order chi connectivity index (χ1) is 5.61. The SMILES string of the molecule is CCN(CC)C(=O)CCC(=O)[O-]. The van der Waals surface area contributed by atoms with E-state index in [-0.39, 0.29) is 18.7 Å². The number of carboxylic acids is 1. The zero-order chi connectivity index (χ0) is 9.56. The first-order valence-electron chi connectivity index (χ1n) is 4.09. The third kappa shape index (κ3) is 3.95. The Kier molecular flexibility index (Phi) is 5.08. The molecule has 0 heterocycles. The fraction of sp³-hybridized carbons (Fsp3) is 0.750. The minimum atomic E-state index is -1.17. The monoisotopic (exact) mass is 172 g/mol. The smallest absolute Gasteiger partial charge is 0.222 e. The second-order valence-corrected chi connectivity index (χ2v) is 2.44. The summed E-state index contributed by atoms with van der Waals surface area (Å²) in [6, 6.07) is 0. The van der Waals surface area contributed by atoms with Gasteiger partial charge < -0.3 is 14.8 Å². The molecule has 0 aliphatic carbocycles. The molecule has 0 saturated carbocycles. The van der Waals surface area contributed by atoms with Gasteiger partial charge in [0.05, 0.1) is 0 Å². The van der Waals surface area contributed by atoms with Crippen LogP contribution in [0.4, 0.5) is 0 Å². The molecule has 4 nitrogen and oxygen atoms in total. The number of hydrogen-bond acceptors (Lipinski definition) is 3. The van der Waals surface area contributed by atoms with E-state index in [0.717, 1.165) is 0 Å². The fourth-order valence-corrected chi connectivity index (χ4v) is 0.943. The van der Waals surface area contributed by atoms with Crippen molar-refractivity contribution in [1.82, 2.24) is 4.90 Å². The van der Waals surface area contributed by atoms with Crippen molar-refractivity contribution in [3.05, 3.63) is 0 Å². The lowest BCUT2D eigenvalue weighted by Gasteiger charge is -2.18. The molecule has 0 bridgehead atoms. The molecule has 0 aliphatic heterocycles. The molecule has 4 heteroatoms. The van der Waals surface area contributed by atoms with Crippen LogP contribution in [0.15, 0.2) is 0 Å². The van der Waals surface area contributed by atoms with Gasteiger partial charge in [-0.15, -0.1) is 0 Å². The highest BCUT2D eigenvalue weighted by Crippen LogP contribution is 1.96. The van der Waals surface area contributed by atoms with Gasteiger partial charge in [-0.05, 0) is 20.3 Å². The van der Waals surface area contributed by atoms with Gasteiger partial charge in [-0.3, -0.25) is 4.79 Å². The van der Waals surface area contributed by atoms with Crippen molar-refractivity contribution >= 4 is 11.9 Å². The average molecular weight is 172 g/mol. The largest absolute Gasteiger partial charge is 0.550 e. The zero-order valence-corrected chi connectivity index (χ0v) is 7.50. The molecule has 0 saturated heterocycles. The lowest BCUT2D eigenvalue weighted by Crippen LogP contribution is -2.32. The molecule has 0 spiro atoms. The highest BCUT2D eigenvalue weighted by atomic mass is 16.4. The highest BCUT2D eigenvalue weighted by Gasteiger charge is 2.07. The molecule has 0 N–H and O–H groups in total. The molecule has 12 heavy (non-hydrogen) atoms. The van der Waals surface area contributed by atoms with E-state index < -0.39 is 5.97 Å².